The molecule has 1 aromatic carbocycles. The largest absolute Gasteiger partial charge is 0.461 e. The summed E-state index contributed by atoms with van der Waals surface area (Å²) in [6.45, 7) is 2.02. The zero-order valence-corrected chi connectivity index (χ0v) is 10.2. The van der Waals surface area contributed by atoms with Gasteiger partial charge in [-0.15, -0.1) is 0 Å². The first-order valence-corrected chi connectivity index (χ1v) is 5.93. The maximum Gasteiger partial charge on any atom is 0.359 e. The second-order valence-electron chi connectivity index (χ2n) is 4.12. The van der Waals surface area contributed by atoms with Gasteiger partial charge in [0.15, 0.2) is 5.69 Å². The van der Waals surface area contributed by atoms with E-state index in [0.717, 1.165) is 10.8 Å². The quantitative estimate of drug-likeness (QED) is 0.719. The summed E-state index contributed by atoms with van der Waals surface area (Å²) < 4.78 is 18.2. The highest BCUT2D eigenvalue weighted by Crippen LogP contribution is 2.27. The molecule has 0 bridgehead atoms. The first-order chi connectivity index (χ1) is 9.20. The monoisotopic (exact) mass is 258 g/mol. The van der Waals surface area contributed by atoms with E-state index in [-0.39, 0.29) is 18.1 Å². The van der Waals surface area contributed by atoms with Crippen LogP contribution in [-0.2, 0) is 4.74 Å². The van der Waals surface area contributed by atoms with Crippen LogP contribution in [0.1, 0.15) is 17.4 Å². The lowest BCUT2D eigenvalue weighted by atomic mass is 10.1. The van der Waals surface area contributed by atoms with E-state index in [0.29, 0.717) is 11.0 Å². The second-order valence-corrected chi connectivity index (χ2v) is 4.12. The SMILES string of the molecule is CCOC(=O)c1nccc2c1[nH]c1cc(F)ccc12. The first-order valence-electron chi connectivity index (χ1n) is 5.93. The number of esters is 1. The number of carbonyl (C=O) groups is 1. The third-order valence-corrected chi connectivity index (χ3v) is 2.95. The van der Waals surface area contributed by atoms with Crippen molar-refractivity contribution in [3.63, 3.8) is 0 Å². The maximum absolute atomic E-state index is 13.2. The predicted octanol–water partition coefficient (Wildman–Crippen LogP) is 3.03. The smallest absolute Gasteiger partial charge is 0.359 e. The summed E-state index contributed by atoms with van der Waals surface area (Å²) in [6.07, 6.45) is 1.55. The van der Waals surface area contributed by atoms with Crippen molar-refractivity contribution >= 4 is 27.8 Å². The lowest BCUT2D eigenvalue weighted by molar-refractivity contribution is 0.0522. The van der Waals surface area contributed by atoms with Gasteiger partial charge in [-0.1, -0.05) is 0 Å². The number of fused-ring (bicyclic) bond motifs is 3. The molecule has 0 radical (unpaired) electrons. The van der Waals surface area contributed by atoms with E-state index in [1.165, 1.54) is 12.1 Å². The maximum atomic E-state index is 13.2. The Labute approximate surface area is 108 Å². The minimum atomic E-state index is -0.486. The molecule has 0 fully saturated rings. The summed E-state index contributed by atoms with van der Waals surface area (Å²) in [5, 5.41) is 1.68. The summed E-state index contributed by atoms with van der Waals surface area (Å²) in [6, 6.07) is 6.25. The summed E-state index contributed by atoms with van der Waals surface area (Å²) in [5.41, 5.74) is 1.42. The van der Waals surface area contributed by atoms with E-state index in [1.807, 2.05) is 0 Å². The zero-order valence-electron chi connectivity index (χ0n) is 10.2. The molecule has 0 amide bonds. The van der Waals surface area contributed by atoms with Gasteiger partial charge < -0.3 is 9.72 Å². The third-order valence-electron chi connectivity index (χ3n) is 2.95. The molecule has 3 aromatic rings. The normalized spacial score (nSPS) is 11.1. The molecule has 0 aliphatic rings. The number of nitrogens with zero attached hydrogens (tertiary/aromatic N) is 1. The van der Waals surface area contributed by atoms with Crippen molar-refractivity contribution in [3.8, 4) is 0 Å². The number of hydrogen-bond acceptors (Lipinski definition) is 3. The van der Waals surface area contributed by atoms with Crippen LogP contribution in [0.4, 0.5) is 4.39 Å². The van der Waals surface area contributed by atoms with Crippen LogP contribution in [-0.4, -0.2) is 22.5 Å². The van der Waals surface area contributed by atoms with E-state index in [1.54, 1.807) is 25.3 Å². The van der Waals surface area contributed by atoms with E-state index < -0.39 is 5.97 Å². The third kappa shape index (κ3) is 1.83. The molecule has 2 aromatic heterocycles. The number of carbonyl (C=O) groups excluding carboxylic acids is 1. The Bertz CT molecular complexity index is 780. The lowest BCUT2D eigenvalue weighted by Gasteiger charge is -2.01. The Balaban J connectivity index is 2.30. The van der Waals surface area contributed by atoms with Crippen LogP contribution in [0.3, 0.4) is 0 Å². The Hall–Kier alpha value is -2.43. The van der Waals surface area contributed by atoms with Crippen molar-refractivity contribution < 1.29 is 13.9 Å². The average Bonchev–Trinajstić information content (AvgIpc) is 2.75. The molecule has 0 unspecified atom stereocenters. The van der Waals surface area contributed by atoms with Crippen LogP contribution >= 0.6 is 0 Å². The molecule has 2 heterocycles. The van der Waals surface area contributed by atoms with Crippen molar-refractivity contribution in [1.82, 2.24) is 9.97 Å². The summed E-state index contributed by atoms with van der Waals surface area (Å²) in [7, 11) is 0. The predicted molar refractivity (Wildman–Crippen MR) is 69.5 cm³/mol. The molecule has 0 saturated heterocycles. The number of benzene rings is 1. The number of halogens is 1. The molecule has 0 aliphatic carbocycles. The Morgan fingerprint density at radius 1 is 1.37 bits per heavy atom. The number of aromatic nitrogens is 2. The number of nitrogens with one attached hydrogen (secondary N) is 1. The molecule has 4 nitrogen and oxygen atoms in total. The molecular formula is C14H11FN2O2. The Morgan fingerprint density at radius 3 is 3.00 bits per heavy atom. The lowest BCUT2D eigenvalue weighted by Crippen LogP contribution is -2.07. The number of H-pyrrole nitrogens is 1. The molecular weight excluding hydrogens is 247 g/mol. The van der Waals surface area contributed by atoms with Crippen LogP contribution in [0.2, 0.25) is 0 Å². The summed E-state index contributed by atoms with van der Waals surface area (Å²) >= 11 is 0. The number of hydrogen-bond donors (Lipinski definition) is 1. The van der Waals surface area contributed by atoms with Crippen LogP contribution < -0.4 is 0 Å². The Kier molecular flexibility index (Phi) is 2.67. The van der Waals surface area contributed by atoms with Gasteiger partial charge in [0.25, 0.3) is 0 Å². The van der Waals surface area contributed by atoms with Crippen molar-refractivity contribution in [2.75, 3.05) is 6.61 Å². The number of ether oxygens (including phenoxy) is 1. The van der Waals surface area contributed by atoms with Crippen LogP contribution in [0.25, 0.3) is 21.8 Å². The number of rotatable bonds is 2. The number of pyridine rings is 1. The van der Waals surface area contributed by atoms with Crippen molar-refractivity contribution in [3.05, 3.63) is 42.0 Å². The van der Waals surface area contributed by atoms with Gasteiger partial charge in [0.2, 0.25) is 0 Å². The van der Waals surface area contributed by atoms with Gasteiger partial charge >= 0.3 is 5.97 Å². The minimum Gasteiger partial charge on any atom is -0.461 e. The fourth-order valence-corrected chi connectivity index (χ4v) is 2.16. The first kappa shape index (κ1) is 11.6. The second kappa shape index (κ2) is 4.35. The van der Waals surface area contributed by atoms with E-state index in [2.05, 4.69) is 9.97 Å². The Morgan fingerprint density at radius 2 is 2.21 bits per heavy atom. The van der Waals surface area contributed by atoms with Gasteiger partial charge in [0, 0.05) is 22.5 Å². The molecule has 1 N–H and O–H groups in total. The molecule has 96 valence electrons. The van der Waals surface area contributed by atoms with Gasteiger partial charge in [0.1, 0.15) is 5.82 Å². The molecule has 3 rings (SSSR count). The van der Waals surface area contributed by atoms with Gasteiger partial charge in [-0.05, 0) is 31.2 Å². The van der Waals surface area contributed by atoms with Crippen LogP contribution in [0, 0.1) is 5.82 Å². The van der Waals surface area contributed by atoms with Gasteiger partial charge in [-0.25, -0.2) is 14.2 Å². The molecule has 5 heteroatoms. The number of aromatic amines is 1. The summed E-state index contributed by atoms with van der Waals surface area (Å²) in [5.74, 6) is -0.815. The fourth-order valence-electron chi connectivity index (χ4n) is 2.16. The topological polar surface area (TPSA) is 55.0 Å². The van der Waals surface area contributed by atoms with Crippen molar-refractivity contribution in [2.45, 2.75) is 6.92 Å². The summed E-state index contributed by atoms with van der Waals surface area (Å²) in [4.78, 5) is 18.9. The van der Waals surface area contributed by atoms with Crippen molar-refractivity contribution in [2.24, 2.45) is 0 Å². The van der Waals surface area contributed by atoms with E-state index in [9.17, 15) is 9.18 Å². The van der Waals surface area contributed by atoms with E-state index >= 15 is 0 Å². The average molecular weight is 258 g/mol. The van der Waals surface area contributed by atoms with Crippen LogP contribution in [0.15, 0.2) is 30.5 Å². The van der Waals surface area contributed by atoms with Gasteiger partial charge in [-0.2, -0.15) is 0 Å². The van der Waals surface area contributed by atoms with Gasteiger partial charge in [0.05, 0.1) is 12.1 Å². The minimum absolute atomic E-state index is 0.218. The van der Waals surface area contributed by atoms with Crippen LogP contribution in [0.5, 0.6) is 0 Å². The highest BCUT2D eigenvalue weighted by atomic mass is 19.1. The van der Waals surface area contributed by atoms with Crippen molar-refractivity contribution in [1.29, 1.82) is 0 Å². The highest BCUT2D eigenvalue weighted by molar-refractivity contribution is 6.12. The van der Waals surface area contributed by atoms with E-state index in [4.69, 9.17) is 4.74 Å². The molecule has 0 atom stereocenters. The molecule has 0 spiro atoms. The fraction of sp³-hybridized carbons (Fsp3) is 0.143. The zero-order chi connectivity index (χ0) is 13.4. The standard InChI is InChI=1S/C14H11FN2O2/c1-2-19-14(18)13-12-10(5-6-16-13)9-4-3-8(15)7-11(9)17-12/h3-7,17H,2H2,1H3. The highest BCUT2D eigenvalue weighted by Gasteiger charge is 2.16. The molecule has 0 aliphatic heterocycles. The van der Waals surface area contributed by atoms with Gasteiger partial charge in [-0.3, -0.25) is 0 Å². The molecule has 0 saturated carbocycles. The molecule has 19 heavy (non-hydrogen) atoms.